The van der Waals surface area contributed by atoms with E-state index in [1.54, 1.807) is 13.3 Å². The fourth-order valence-electron chi connectivity index (χ4n) is 1.74. The number of thioether (sulfide) groups is 1. The van der Waals surface area contributed by atoms with Gasteiger partial charge in [-0.05, 0) is 24.8 Å². The fraction of sp³-hybridized carbons (Fsp3) is 0.357. The number of pyridine rings is 1. The highest BCUT2D eigenvalue weighted by Gasteiger charge is 2.04. The largest absolute Gasteiger partial charge is 0.481 e. The number of hydrogen-bond acceptors (Lipinski definition) is 7. The van der Waals surface area contributed by atoms with E-state index in [2.05, 4.69) is 25.6 Å². The van der Waals surface area contributed by atoms with Crippen LogP contribution in [0.3, 0.4) is 0 Å². The zero-order valence-corrected chi connectivity index (χ0v) is 13.2. The zero-order chi connectivity index (χ0) is 15.1. The Labute approximate surface area is 128 Å². The Bertz CT molecular complexity index is 593. The predicted molar refractivity (Wildman–Crippen MR) is 86.1 cm³/mol. The minimum absolute atomic E-state index is 0.607. The molecule has 0 bridgehead atoms. The number of rotatable bonds is 7. The summed E-state index contributed by atoms with van der Waals surface area (Å²) in [6, 6.07) is 5.74. The van der Waals surface area contributed by atoms with Gasteiger partial charge < -0.3 is 15.4 Å². The minimum atomic E-state index is 0.607. The van der Waals surface area contributed by atoms with E-state index in [1.165, 1.54) is 11.8 Å². The van der Waals surface area contributed by atoms with Gasteiger partial charge in [0.15, 0.2) is 5.16 Å². The van der Waals surface area contributed by atoms with E-state index in [0.29, 0.717) is 12.4 Å². The lowest BCUT2D eigenvalue weighted by Gasteiger charge is -2.10. The molecule has 2 N–H and O–H groups in total. The molecular formula is C14H19N5OS. The van der Waals surface area contributed by atoms with Crippen LogP contribution in [0.2, 0.25) is 0 Å². The molecule has 0 aliphatic rings. The van der Waals surface area contributed by atoms with E-state index in [4.69, 9.17) is 4.74 Å². The number of anilines is 2. The first-order valence-electron chi connectivity index (χ1n) is 6.65. The van der Waals surface area contributed by atoms with Gasteiger partial charge in [0.25, 0.3) is 0 Å². The third kappa shape index (κ3) is 4.49. The maximum Gasteiger partial charge on any atom is 0.213 e. The topological polar surface area (TPSA) is 72.0 Å². The van der Waals surface area contributed by atoms with Crippen molar-refractivity contribution in [3.05, 3.63) is 30.0 Å². The average molecular weight is 305 g/mol. The summed E-state index contributed by atoms with van der Waals surface area (Å²) in [5.74, 6) is 2.22. The van der Waals surface area contributed by atoms with E-state index in [-0.39, 0.29) is 0 Å². The Balaban J connectivity index is 2.09. The molecule has 2 rings (SSSR count). The molecule has 0 atom stereocenters. The molecule has 6 nitrogen and oxygen atoms in total. The van der Waals surface area contributed by atoms with E-state index >= 15 is 0 Å². The fourth-order valence-corrected chi connectivity index (χ4v) is 2.12. The van der Waals surface area contributed by atoms with Crippen molar-refractivity contribution in [3.63, 3.8) is 0 Å². The first-order valence-corrected chi connectivity index (χ1v) is 7.87. The summed E-state index contributed by atoms with van der Waals surface area (Å²) < 4.78 is 5.12. The Morgan fingerprint density at radius 1 is 1.19 bits per heavy atom. The van der Waals surface area contributed by atoms with Crippen LogP contribution in [-0.2, 0) is 6.54 Å². The van der Waals surface area contributed by atoms with Gasteiger partial charge in [0.2, 0.25) is 5.88 Å². The second-order valence-corrected chi connectivity index (χ2v) is 4.99. The summed E-state index contributed by atoms with van der Waals surface area (Å²) in [7, 11) is 1.61. The number of ether oxygens (including phenoxy) is 1. The quantitative estimate of drug-likeness (QED) is 0.602. The highest BCUT2D eigenvalue weighted by molar-refractivity contribution is 7.98. The Morgan fingerprint density at radius 3 is 2.62 bits per heavy atom. The van der Waals surface area contributed by atoms with Crippen molar-refractivity contribution >= 4 is 23.4 Å². The van der Waals surface area contributed by atoms with Crippen LogP contribution in [0, 0.1) is 0 Å². The lowest BCUT2D eigenvalue weighted by Crippen LogP contribution is -2.06. The van der Waals surface area contributed by atoms with Crippen LogP contribution in [0.15, 0.2) is 29.6 Å². The van der Waals surface area contributed by atoms with Crippen LogP contribution in [0.4, 0.5) is 11.6 Å². The van der Waals surface area contributed by atoms with Gasteiger partial charge in [-0.25, -0.2) is 15.0 Å². The molecule has 0 saturated heterocycles. The third-order valence-electron chi connectivity index (χ3n) is 2.73. The summed E-state index contributed by atoms with van der Waals surface area (Å²) in [6.45, 7) is 3.51. The molecule has 2 aromatic heterocycles. The van der Waals surface area contributed by atoms with Gasteiger partial charge in [0.05, 0.1) is 7.11 Å². The van der Waals surface area contributed by atoms with Crippen LogP contribution in [-0.4, -0.2) is 34.9 Å². The van der Waals surface area contributed by atoms with Crippen LogP contribution in [0.1, 0.15) is 12.5 Å². The first kappa shape index (κ1) is 15.4. The van der Waals surface area contributed by atoms with Crippen molar-refractivity contribution in [2.45, 2.75) is 18.6 Å². The summed E-state index contributed by atoms with van der Waals surface area (Å²) in [6.07, 6.45) is 3.69. The molecular weight excluding hydrogens is 286 g/mol. The number of methoxy groups -OCH3 is 1. The smallest absolute Gasteiger partial charge is 0.213 e. The van der Waals surface area contributed by atoms with Crippen LogP contribution >= 0.6 is 11.8 Å². The van der Waals surface area contributed by atoms with Gasteiger partial charge >= 0.3 is 0 Å². The van der Waals surface area contributed by atoms with Crippen LogP contribution < -0.4 is 15.4 Å². The number of hydrogen-bond donors (Lipinski definition) is 2. The summed E-state index contributed by atoms with van der Waals surface area (Å²) in [4.78, 5) is 12.9. The molecule has 21 heavy (non-hydrogen) atoms. The molecule has 0 unspecified atom stereocenters. The Morgan fingerprint density at radius 2 is 1.95 bits per heavy atom. The Hall–Kier alpha value is -2.02. The molecule has 0 aliphatic carbocycles. The van der Waals surface area contributed by atoms with Crippen molar-refractivity contribution in [2.75, 3.05) is 30.5 Å². The van der Waals surface area contributed by atoms with Crippen molar-refractivity contribution in [1.82, 2.24) is 15.0 Å². The first-order chi connectivity index (χ1) is 10.2. The highest BCUT2D eigenvalue weighted by atomic mass is 32.2. The van der Waals surface area contributed by atoms with E-state index in [0.717, 1.165) is 28.9 Å². The van der Waals surface area contributed by atoms with Crippen LogP contribution in [0.5, 0.6) is 5.88 Å². The molecule has 7 heteroatoms. The van der Waals surface area contributed by atoms with Gasteiger partial charge in [-0.15, -0.1) is 0 Å². The molecule has 2 heterocycles. The molecule has 0 spiro atoms. The SMILES string of the molecule is CCNc1cc(NCc2ccnc(OC)c2)nc(SC)n1. The lowest BCUT2D eigenvalue weighted by atomic mass is 10.2. The zero-order valence-electron chi connectivity index (χ0n) is 12.4. The number of aromatic nitrogens is 3. The summed E-state index contributed by atoms with van der Waals surface area (Å²) in [5, 5.41) is 7.24. The van der Waals surface area contributed by atoms with Crippen molar-refractivity contribution in [2.24, 2.45) is 0 Å². The molecule has 2 aromatic rings. The van der Waals surface area contributed by atoms with Crippen molar-refractivity contribution in [1.29, 1.82) is 0 Å². The van der Waals surface area contributed by atoms with Gasteiger partial charge in [0, 0.05) is 31.4 Å². The lowest BCUT2D eigenvalue weighted by molar-refractivity contribution is 0.397. The summed E-state index contributed by atoms with van der Waals surface area (Å²) in [5.41, 5.74) is 1.08. The monoisotopic (exact) mass is 305 g/mol. The number of nitrogens with one attached hydrogen (secondary N) is 2. The summed E-state index contributed by atoms with van der Waals surface area (Å²) >= 11 is 1.52. The molecule has 0 aliphatic heterocycles. The second-order valence-electron chi connectivity index (χ2n) is 4.22. The van der Waals surface area contributed by atoms with Crippen molar-refractivity contribution in [3.8, 4) is 5.88 Å². The van der Waals surface area contributed by atoms with Crippen LogP contribution in [0.25, 0.3) is 0 Å². The average Bonchev–Trinajstić information content (AvgIpc) is 2.53. The van der Waals surface area contributed by atoms with E-state index < -0.39 is 0 Å². The molecule has 112 valence electrons. The van der Waals surface area contributed by atoms with Crippen molar-refractivity contribution < 1.29 is 4.74 Å². The highest BCUT2D eigenvalue weighted by Crippen LogP contribution is 2.18. The maximum atomic E-state index is 5.12. The van der Waals surface area contributed by atoms with Gasteiger partial charge in [-0.2, -0.15) is 0 Å². The van der Waals surface area contributed by atoms with E-state index in [9.17, 15) is 0 Å². The number of nitrogens with zero attached hydrogens (tertiary/aromatic N) is 3. The molecule has 0 aromatic carbocycles. The second kappa shape index (κ2) is 7.68. The standard InChI is InChI=1S/C14H19N5OS/c1-4-15-11-8-12(19-14(18-11)21-3)17-9-10-5-6-16-13(7-10)20-2/h5-8H,4,9H2,1-3H3,(H2,15,17,18,19). The predicted octanol–water partition coefficient (Wildman–Crippen LogP) is 2.65. The van der Waals surface area contributed by atoms with E-state index in [1.807, 2.05) is 31.4 Å². The Kier molecular flexibility index (Phi) is 5.62. The minimum Gasteiger partial charge on any atom is -0.481 e. The normalized spacial score (nSPS) is 10.2. The molecule has 0 amide bonds. The molecule has 0 saturated carbocycles. The van der Waals surface area contributed by atoms with Gasteiger partial charge in [-0.1, -0.05) is 11.8 Å². The third-order valence-corrected chi connectivity index (χ3v) is 3.28. The molecule has 0 fully saturated rings. The van der Waals surface area contributed by atoms with Gasteiger partial charge in [0.1, 0.15) is 11.6 Å². The molecule has 0 radical (unpaired) electrons. The van der Waals surface area contributed by atoms with Gasteiger partial charge in [-0.3, -0.25) is 0 Å². The maximum absolute atomic E-state index is 5.12.